The van der Waals surface area contributed by atoms with E-state index in [-0.39, 0.29) is 18.2 Å². The zero-order valence-corrected chi connectivity index (χ0v) is 15.0. The third kappa shape index (κ3) is 3.85. The minimum Gasteiger partial charge on any atom is -0.480 e. The number of carbonyl (C=O) groups is 2. The van der Waals surface area contributed by atoms with Gasteiger partial charge in [-0.2, -0.15) is 0 Å². The van der Waals surface area contributed by atoms with Gasteiger partial charge in [0.05, 0.1) is 0 Å². The van der Waals surface area contributed by atoms with Gasteiger partial charge in [0.25, 0.3) is 0 Å². The summed E-state index contributed by atoms with van der Waals surface area (Å²) in [6.45, 7) is 3.88. The molecule has 0 radical (unpaired) electrons. The molecule has 0 spiro atoms. The lowest BCUT2D eigenvalue weighted by atomic mass is 9.92. The van der Waals surface area contributed by atoms with Gasteiger partial charge in [-0.3, -0.25) is 4.79 Å². The van der Waals surface area contributed by atoms with Crippen LogP contribution in [0.15, 0.2) is 54.6 Å². The fraction of sp³-hybridized carbons (Fsp3) is 0.273. The number of carboxylic acids is 1. The second kappa shape index (κ2) is 7.56. The number of benzene rings is 3. The normalized spacial score (nSPS) is 12.4. The number of rotatable bonds is 6. The van der Waals surface area contributed by atoms with Crippen molar-refractivity contribution in [2.24, 2.45) is 5.92 Å². The number of carboxylic acid groups (broad SMARTS) is 1. The van der Waals surface area contributed by atoms with E-state index >= 15 is 0 Å². The quantitative estimate of drug-likeness (QED) is 0.657. The third-order valence-electron chi connectivity index (χ3n) is 4.52. The van der Waals surface area contributed by atoms with E-state index in [0.717, 1.165) is 27.1 Å². The van der Waals surface area contributed by atoms with Crippen LogP contribution in [0.2, 0.25) is 0 Å². The first-order chi connectivity index (χ1) is 12.5. The number of hydrogen-bond donors (Lipinski definition) is 2. The van der Waals surface area contributed by atoms with Crippen molar-refractivity contribution in [2.75, 3.05) is 0 Å². The smallest absolute Gasteiger partial charge is 0.326 e. The molecule has 4 nitrogen and oxygen atoms in total. The lowest BCUT2D eigenvalue weighted by molar-refractivity contribution is -0.141. The largest absolute Gasteiger partial charge is 0.480 e. The van der Waals surface area contributed by atoms with E-state index in [1.807, 2.05) is 62.4 Å². The fourth-order valence-electron chi connectivity index (χ4n) is 3.36. The van der Waals surface area contributed by atoms with Crippen molar-refractivity contribution >= 4 is 33.4 Å². The SMILES string of the molecule is CC(C)CC(=O)N[C@H](Cc1c2ccccc2cc2ccccc12)C(=O)O. The van der Waals surface area contributed by atoms with Gasteiger partial charge in [-0.25, -0.2) is 4.79 Å². The second-order valence-corrected chi connectivity index (χ2v) is 7.06. The molecular weight excluding hydrogens is 326 g/mol. The van der Waals surface area contributed by atoms with E-state index in [0.29, 0.717) is 6.42 Å². The first-order valence-electron chi connectivity index (χ1n) is 8.87. The highest BCUT2D eigenvalue weighted by Crippen LogP contribution is 2.29. The molecular formula is C22H23NO3. The molecule has 3 rings (SSSR count). The van der Waals surface area contributed by atoms with E-state index in [4.69, 9.17) is 0 Å². The average Bonchev–Trinajstić information content (AvgIpc) is 2.59. The van der Waals surface area contributed by atoms with Gasteiger partial charge in [0.15, 0.2) is 0 Å². The Kier molecular flexibility index (Phi) is 5.21. The maximum atomic E-state index is 12.1. The summed E-state index contributed by atoms with van der Waals surface area (Å²) >= 11 is 0. The Labute approximate surface area is 152 Å². The molecule has 0 unspecified atom stereocenters. The van der Waals surface area contributed by atoms with Crippen molar-refractivity contribution in [3.63, 3.8) is 0 Å². The van der Waals surface area contributed by atoms with Gasteiger partial charge in [-0.05, 0) is 39.1 Å². The maximum absolute atomic E-state index is 12.1. The summed E-state index contributed by atoms with van der Waals surface area (Å²) in [5.41, 5.74) is 0.955. The summed E-state index contributed by atoms with van der Waals surface area (Å²) in [5, 5.41) is 16.5. The van der Waals surface area contributed by atoms with Crippen LogP contribution in [0.4, 0.5) is 0 Å². The number of aliphatic carboxylic acids is 1. The Morgan fingerprint density at radius 3 is 2.00 bits per heavy atom. The molecule has 1 atom stereocenters. The van der Waals surface area contributed by atoms with Gasteiger partial charge >= 0.3 is 5.97 Å². The number of amides is 1. The van der Waals surface area contributed by atoms with E-state index < -0.39 is 12.0 Å². The minimum atomic E-state index is -1.01. The third-order valence-corrected chi connectivity index (χ3v) is 4.52. The standard InChI is InChI=1S/C22H23NO3/c1-14(2)11-21(24)23-20(22(25)26)13-19-17-9-5-3-7-15(17)12-16-8-4-6-10-18(16)19/h3-10,12,14,20H,11,13H2,1-2H3,(H,23,24)(H,25,26)/t20-/m1/s1. The van der Waals surface area contributed by atoms with Crippen molar-refractivity contribution in [2.45, 2.75) is 32.7 Å². The van der Waals surface area contributed by atoms with Crippen LogP contribution >= 0.6 is 0 Å². The Bertz CT molecular complexity index is 908. The Morgan fingerprint density at radius 1 is 0.962 bits per heavy atom. The lowest BCUT2D eigenvalue weighted by Gasteiger charge is -2.18. The highest BCUT2D eigenvalue weighted by Gasteiger charge is 2.22. The Hall–Kier alpha value is -2.88. The molecule has 4 heteroatoms. The second-order valence-electron chi connectivity index (χ2n) is 7.06. The molecule has 0 aliphatic rings. The van der Waals surface area contributed by atoms with Crippen LogP contribution in [0.3, 0.4) is 0 Å². The van der Waals surface area contributed by atoms with E-state index in [9.17, 15) is 14.7 Å². The summed E-state index contributed by atoms with van der Waals surface area (Å²) in [6.07, 6.45) is 0.571. The van der Waals surface area contributed by atoms with E-state index in [1.165, 1.54) is 0 Å². The van der Waals surface area contributed by atoms with Crippen molar-refractivity contribution in [1.82, 2.24) is 5.32 Å². The fourth-order valence-corrected chi connectivity index (χ4v) is 3.36. The summed E-state index contributed by atoms with van der Waals surface area (Å²) in [5.74, 6) is -1.06. The van der Waals surface area contributed by atoms with Crippen LogP contribution in [-0.2, 0) is 16.0 Å². The molecule has 134 valence electrons. The van der Waals surface area contributed by atoms with Crippen molar-refractivity contribution in [3.05, 3.63) is 60.2 Å². The summed E-state index contributed by atoms with van der Waals surface area (Å²) in [4.78, 5) is 23.9. The Morgan fingerprint density at radius 2 is 1.50 bits per heavy atom. The van der Waals surface area contributed by atoms with Crippen LogP contribution in [0.25, 0.3) is 21.5 Å². The molecule has 0 heterocycles. The van der Waals surface area contributed by atoms with Crippen molar-refractivity contribution < 1.29 is 14.7 Å². The monoisotopic (exact) mass is 349 g/mol. The first kappa shape index (κ1) is 17.9. The van der Waals surface area contributed by atoms with Crippen molar-refractivity contribution in [1.29, 1.82) is 0 Å². The van der Waals surface area contributed by atoms with E-state index in [2.05, 4.69) is 11.4 Å². The minimum absolute atomic E-state index is 0.183. The van der Waals surface area contributed by atoms with Crippen LogP contribution in [0.5, 0.6) is 0 Å². The summed E-state index contributed by atoms with van der Waals surface area (Å²) in [6, 6.07) is 17.1. The number of nitrogens with one attached hydrogen (secondary N) is 1. The molecule has 0 fully saturated rings. The molecule has 0 saturated carbocycles. The van der Waals surface area contributed by atoms with Gasteiger partial charge in [0, 0.05) is 12.8 Å². The van der Waals surface area contributed by atoms with Gasteiger partial charge in [-0.1, -0.05) is 62.4 Å². The molecule has 0 aliphatic carbocycles. The molecule has 0 aliphatic heterocycles. The molecule has 1 amide bonds. The summed E-state index contributed by atoms with van der Waals surface area (Å²) in [7, 11) is 0. The van der Waals surface area contributed by atoms with Gasteiger partial charge < -0.3 is 10.4 Å². The zero-order chi connectivity index (χ0) is 18.7. The number of fused-ring (bicyclic) bond motifs is 2. The van der Waals surface area contributed by atoms with E-state index in [1.54, 1.807) is 0 Å². The Balaban J connectivity index is 2.04. The van der Waals surface area contributed by atoms with Crippen LogP contribution in [0, 0.1) is 5.92 Å². The van der Waals surface area contributed by atoms with Crippen LogP contribution < -0.4 is 5.32 Å². The maximum Gasteiger partial charge on any atom is 0.326 e. The predicted octanol–water partition coefficient (Wildman–Crippen LogP) is 4.15. The molecule has 0 bridgehead atoms. The summed E-state index contributed by atoms with van der Waals surface area (Å²) < 4.78 is 0. The zero-order valence-electron chi connectivity index (χ0n) is 15.0. The first-order valence-corrected chi connectivity index (χ1v) is 8.87. The highest BCUT2D eigenvalue weighted by atomic mass is 16.4. The molecule has 2 N–H and O–H groups in total. The molecule has 0 aromatic heterocycles. The van der Waals surface area contributed by atoms with Gasteiger partial charge in [-0.15, -0.1) is 0 Å². The average molecular weight is 349 g/mol. The van der Waals surface area contributed by atoms with Crippen molar-refractivity contribution in [3.8, 4) is 0 Å². The molecule has 3 aromatic carbocycles. The topological polar surface area (TPSA) is 66.4 Å². The predicted molar refractivity (Wildman–Crippen MR) is 104 cm³/mol. The van der Waals surface area contributed by atoms with Crippen LogP contribution in [-0.4, -0.2) is 23.0 Å². The molecule has 0 saturated heterocycles. The number of carbonyl (C=O) groups excluding carboxylic acids is 1. The van der Waals surface area contributed by atoms with Crippen LogP contribution in [0.1, 0.15) is 25.8 Å². The highest BCUT2D eigenvalue weighted by molar-refractivity contribution is 6.02. The van der Waals surface area contributed by atoms with Gasteiger partial charge in [0.2, 0.25) is 5.91 Å². The number of hydrogen-bond acceptors (Lipinski definition) is 2. The van der Waals surface area contributed by atoms with Gasteiger partial charge in [0.1, 0.15) is 6.04 Å². The molecule has 26 heavy (non-hydrogen) atoms. The lowest BCUT2D eigenvalue weighted by Crippen LogP contribution is -2.42. The molecule has 3 aromatic rings.